The molecule has 0 aliphatic heterocycles. The highest BCUT2D eigenvalue weighted by atomic mass is 16.5. The average molecular weight is 226 g/mol. The summed E-state index contributed by atoms with van der Waals surface area (Å²) < 4.78 is 10.8. The molecule has 0 unspecified atom stereocenters. The molecule has 3 heteroatoms. The van der Waals surface area contributed by atoms with Crippen molar-refractivity contribution < 1.29 is 13.9 Å². The zero-order valence-electron chi connectivity index (χ0n) is 9.27. The fourth-order valence-corrected chi connectivity index (χ4v) is 2.14. The monoisotopic (exact) mass is 226 g/mol. The lowest BCUT2D eigenvalue weighted by Gasteiger charge is -2.05. The van der Waals surface area contributed by atoms with E-state index in [2.05, 4.69) is 0 Å². The number of allylic oxidation sites excluding steroid dienone is 2. The molecule has 1 aromatic heterocycles. The van der Waals surface area contributed by atoms with Crippen molar-refractivity contribution in [3.63, 3.8) is 0 Å². The molecule has 0 fully saturated rings. The number of benzene rings is 1. The van der Waals surface area contributed by atoms with Crippen LogP contribution >= 0.6 is 0 Å². The number of furan rings is 1. The first-order valence-corrected chi connectivity index (χ1v) is 5.28. The molecule has 17 heavy (non-hydrogen) atoms. The van der Waals surface area contributed by atoms with E-state index in [4.69, 9.17) is 9.15 Å². The van der Waals surface area contributed by atoms with Crippen LogP contribution in [0.5, 0.6) is 5.75 Å². The summed E-state index contributed by atoms with van der Waals surface area (Å²) in [5.74, 6) is 1.13. The molecule has 0 N–H and O–H groups in total. The number of carbonyl (C=O) groups excluding carboxylic acids is 1. The normalized spacial score (nSPS) is 12.8. The van der Waals surface area contributed by atoms with Crippen molar-refractivity contribution in [3.05, 3.63) is 41.2 Å². The highest BCUT2D eigenvalue weighted by molar-refractivity contribution is 6.02. The van der Waals surface area contributed by atoms with Crippen LogP contribution in [0.3, 0.4) is 0 Å². The summed E-state index contributed by atoms with van der Waals surface area (Å²) in [7, 11) is 1.63. The summed E-state index contributed by atoms with van der Waals surface area (Å²) in [6.45, 7) is 0. The smallest absolute Gasteiger partial charge is 0.185 e. The van der Waals surface area contributed by atoms with E-state index in [-0.39, 0.29) is 0 Å². The van der Waals surface area contributed by atoms with E-state index in [0.717, 1.165) is 28.5 Å². The van der Waals surface area contributed by atoms with E-state index in [1.165, 1.54) is 0 Å². The molecule has 0 atom stereocenters. The largest absolute Gasteiger partial charge is 0.496 e. The molecule has 84 valence electrons. The van der Waals surface area contributed by atoms with E-state index >= 15 is 0 Å². The predicted molar refractivity (Wildman–Crippen MR) is 66.2 cm³/mol. The SMILES string of the molecule is COc1ccc2oc(C=O)c3c2c1C=CC=C3. The average Bonchev–Trinajstić information content (AvgIpc) is 2.56. The summed E-state index contributed by atoms with van der Waals surface area (Å²) in [6, 6.07) is 3.66. The minimum atomic E-state index is 0.356. The highest BCUT2D eigenvalue weighted by Gasteiger charge is 2.17. The lowest BCUT2D eigenvalue weighted by molar-refractivity contribution is 0.110. The second-order valence-electron chi connectivity index (χ2n) is 3.77. The lowest BCUT2D eigenvalue weighted by atomic mass is 10.0. The molecule has 0 saturated heterocycles. The van der Waals surface area contributed by atoms with Crippen molar-refractivity contribution >= 4 is 29.4 Å². The van der Waals surface area contributed by atoms with Gasteiger partial charge >= 0.3 is 0 Å². The molecule has 0 radical (unpaired) electrons. The van der Waals surface area contributed by atoms with Gasteiger partial charge in [-0.1, -0.05) is 24.3 Å². The molecule has 1 aliphatic rings. The molecular weight excluding hydrogens is 216 g/mol. The fraction of sp³-hybridized carbons (Fsp3) is 0.0714. The molecule has 0 amide bonds. The maximum Gasteiger partial charge on any atom is 0.185 e. The van der Waals surface area contributed by atoms with Crippen LogP contribution in [0.15, 0.2) is 28.7 Å². The van der Waals surface area contributed by atoms with Crippen LogP contribution < -0.4 is 4.74 Å². The van der Waals surface area contributed by atoms with Gasteiger partial charge in [-0.3, -0.25) is 4.79 Å². The van der Waals surface area contributed by atoms with Crippen LogP contribution in [-0.2, 0) is 0 Å². The Morgan fingerprint density at radius 3 is 2.65 bits per heavy atom. The lowest BCUT2D eigenvalue weighted by Crippen LogP contribution is -1.87. The van der Waals surface area contributed by atoms with Gasteiger partial charge in [-0.2, -0.15) is 0 Å². The van der Waals surface area contributed by atoms with Crippen molar-refractivity contribution in [1.82, 2.24) is 0 Å². The Balaban J connectivity index is 2.49. The van der Waals surface area contributed by atoms with Crippen LogP contribution in [-0.4, -0.2) is 13.4 Å². The van der Waals surface area contributed by atoms with Crippen molar-refractivity contribution in [2.24, 2.45) is 0 Å². The number of rotatable bonds is 2. The van der Waals surface area contributed by atoms with Crippen LogP contribution in [0.1, 0.15) is 21.7 Å². The molecule has 3 rings (SSSR count). The van der Waals surface area contributed by atoms with Crippen molar-refractivity contribution in [1.29, 1.82) is 0 Å². The first kappa shape index (κ1) is 9.90. The van der Waals surface area contributed by atoms with Gasteiger partial charge in [-0.25, -0.2) is 0 Å². The summed E-state index contributed by atoms with van der Waals surface area (Å²) in [6.07, 6.45) is 8.38. The van der Waals surface area contributed by atoms with Gasteiger partial charge in [-0.15, -0.1) is 0 Å². The Kier molecular flexibility index (Phi) is 2.11. The van der Waals surface area contributed by atoms with Crippen molar-refractivity contribution in [3.8, 4) is 5.75 Å². The molecule has 3 nitrogen and oxygen atoms in total. The van der Waals surface area contributed by atoms with Crippen molar-refractivity contribution in [2.45, 2.75) is 0 Å². The van der Waals surface area contributed by atoms with Crippen LogP contribution in [0.4, 0.5) is 0 Å². The molecule has 2 aromatic rings. The minimum absolute atomic E-state index is 0.356. The Morgan fingerprint density at radius 1 is 1.18 bits per heavy atom. The fourth-order valence-electron chi connectivity index (χ4n) is 2.14. The van der Waals surface area contributed by atoms with Gasteiger partial charge in [0.2, 0.25) is 0 Å². The number of carbonyl (C=O) groups is 1. The molecule has 0 spiro atoms. The third-order valence-electron chi connectivity index (χ3n) is 2.89. The molecule has 0 bridgehead atoms. The zero-order valence-corrected chi connectivity index (χ0v) is 9.27. The van der Waals surface area contributed by atoms with Crippen molar-refractivity contribution in [2.75, 3.05) is 7.11 Å². The molecule has 1 aliphatic carbocycles. The Morgan fingerprint density at radius 2 is 1.94 bits per heavy atom. The van der Waals surface area contributed by atoms with Gasteiger partial charge in [0.25, 0.3) is 0 Å². The second-order valence-corrected chi connectivity index (χ2v) is 3.77. The second kappa shape index (κ2) is 3.63. The Hall–Kier alpha value is -2.29. The number of hydrogen-bond donors (Lipinski definition) is 0. The van der Waals surface area contributed by atoms with Gasteiger partial charge in [0.1, 0.15) is 11.3 Å². The van der Waals surface area contributed by atoms with Gasteiger partial charge in [0.15, 0.2) is 12.0 Å². The Bertz CT molecular complexity index is 660. The topological polar surface area (TPSA) is 39.4 Å². The zero-order chi connectivity index (χ0) is 11.8. The highest BCUT2D eigenvalue weighted by Crippen LogP contribution is 2.36. The van der Waals surface area contributed by atoms with Gasteiger partial charge in [0.05, 0.1) is 7.11 Å². The van der Waals surface area contributed by atoms with Crippen LogP contribution in [0, 0.1) is 0 Å². The summed E-state index contributed by atoms with van der Waals surface area (Å²) >= 11 is 0. The van der Waals surface area contributed by atoms with Gasteiger partial charge < -0.3 is 9.15 Å². The molecule has 1 heterocycles. The van der Waals surface area contributed by atoms with Crippen LogP contribution in [0.2, 0.25) is 0 Å². The number of aldehydes is 1. The van der Waals surface area contributed by atoms with E-state index in [1.807, 2.05) is 36.4 Å². The maximum atomic E-state index is 11.0. The third kappa shape index (κ3) is 1.32. The van der Waals surface area contributed by atoms with Gasteiger partial charge in [0, 0.05) is 16.5 Å². The van der Waals surface area contributed by atoms with E-state index < -0.39 is 0 Å². The van der Waals surface area contributed by atoms with E-state index in [9.17, 15) is 4.79 Å². The molecule has 1 aromatic carbocycles. The summed E-state index contributed by atoms with van der Waals surface area (Å²) in [5, 5.41) is 0.927. The van der Waals surface area contributed by atoms with E-state index in [1.54, 1.807) is 7.11 Å². The first-order valence-electron chi connectivity index (χ1n) is 5.28. The first-order chi connectivity index (χ1) is 8.35. The summed E-state index contributed by atoms with van der Waals surface area (Å²) in [4.78, 5) is 11.0. The number of hydrogen-bond acceptors (Lipinski definition) is 3. The molecule has 0 saturated carbocycles. The standard InChI is InChI=1S/C14H10O3/c1-16-11-6-7-12-14-9(11)4-2-3-5-10(14)13(8-15)17-12/h2-8H,1H3. The number of ether oxygens (including phenoxy) is 1. The van der Waals surface area contributed by atoms with Gasteiger partial charge in [-0.05, 0) is 12.1 Å². The third-order valence-corrected chi connectivity index (χ3v) is 2.89. The Labute approximate surface area is 98.0 Å². The predicted octanol–water partition coefficient (Wildman–Crippen LogP) is 3.29. The van der Waals surface area contributed by atoms with E-state index in [0.29, 0.717) is 11.3 Å². The van der Waals surface area contributed by atoms with Crippen LogP contribution in [0.25, 0.3) is 23.1 Å². The number of methoxy groups -OCH3 is 1. The maximum absolute atomic E-state index is 11.0. The minimum Gasteiger partial charge on any atom is -0.496 e. The summed E-state index contributed by atoms with van der Waals surface area (Å²) in [5.41, 5.74) is 2.46. The quantitative estimate of drug-likeness (QED) is 0.737. The molecular formula is C14H10O3.